The number of fused-ring (bicyclic) bond motifs is 10. The highest BCUT2D eigenvalue weighted by atomic mass is 32.1. The SMILES string of the molecule is c1ccc2cc3c(cc2c1)sc1c(-c2ccc4c(c2)sc2cc(-c5c6ccccc6c(-c6cccc7ccccc67)c6ccccc56)ccc24)cccc13. The molecule has 0 fully saturated rings. The summed E-state index contributed by atoms with van der Waals surface area (Å²) in [5, 5.41) is 15.6. The van der Waals surface area contributed by atoms with Gasteiger partial charge in [0.05, 0.1) is 0 Å². The molecule has 12 rings (SSSR count). The number of benzene rings is 10. The van der Waals surface area contributed by atoms with Crippen LogP contribution in [0.1, 0.15) is 0 Å². The van der Waals surface area contributed by atoms with Crippen molar-refractivity contribution < 1.29 is 0 Å². The van der Waals surface area contributed by atoms with E-state index >= 15 is 0 Å². The molecular weight excluding hydrogens is 689 g/mol. The summed E-state index contributed by atoms with van der Waals surface area (Å²) in [6.45, 7) is 0. The van der Waals surface area contributed by atoms with Gasteiger partial charge in [0, 0.05) is 40.3 Å². The number of thiophene rings is 2. The largest absolute Gasteiger partial charge is 0.135 e. The van der Waals surface area contributed by atoms with E-state index in [0.717, 1.165) is 0 Å². The van der Waals surface area contributed by atoms with Crippen LogP contribution in [0, 0.1) is 0 Å². The zero-order valence-corrected chi connectivity index (χ0v) is 30.8. The van der Waals surface area contributed by atoms with Gasteiger partial charge in [-0.1, -0.05) is 158 Å². The molecular formula is C52H30S2. The van der Waals surface area contributed by atoms with Crippen LogP contribution in [0.2, 0.25) is 0 Å². The molecule has 0 aliphatic heterocycles. The van der Waals surface area contributed by atoms with Gasteiger partial charge in [-0.25, -0.2) is 0 Å². The van der Waals surface area contributed by atoms with Crippen LogP contribution < -0.4 is 0 Å². The van der Waals surface area contributed by atoms with Crippen LogP contribution in [0.3, 0.4) is 0 Å². The lowest BCUT2D eigenvalue weighted by atomic mass is 9.84. The van der Waals surface area contributed by atoms with E-state index in [1.165, 1.54) is 117 Å². The molecule has 2 heterocycles. The first-order valence-corrected chi connectivity index (χ1v) is 20.1. The summed E-state index contributed by atoms with van der Waals surface area (Å²) in [4.78, 5) is 0. The van der Waals surface area contributed by atoms with E-state index in [9.17, 15) is 0 Å². The van der Waals surface area contributed by atoms with Crippen LogP contribution in [0.15, 0.2) is 182 Å². The molecule has 10 aromatic carbocycles. The highest BCUT2D eigenvalue weighted by molar-refractivity contribution is 7.26. The lowest BCUT2D eigenvalue weighted by Gasteiger charge is -2.18. The Hall–Kier alpha value is -6.32. The second-order valence-corrected chi connectivity index (χ2v) is 16.5. The number of hydrogen-bond acceptors (Lipinski definition) is 2. The summed E-state index contributed by atoms with van der Waals surface area (Å²) in [7, 11) is 0. The molecule has 0 nitrogen and oxygen atoms in total. The Bertz CT molecular complexity index is 3440. The predicted octanol–water partition coefficient (Wildman–Crippen LogP) is 16.0. The average molecular weight is 719 g/mol. The van der Waals surface area contributed by atoms with Crippen molar-refractivity contribution in [3.63, 3.8) is 0 Å². The maximum atomic E-state index is 2.43. The van der Waals surface area contributed by atoms with Gasteiger partial charge in [-0.05, 0) is 101 Å². The molecule has 2 aromatic heterocycles. The Morgan fingerprint density at radius 2 is 0.759 bits per heavy atom. The molecule has 0 spiro atoms. The van der Waals surface area contributed by atoms with Crippen LogP contribution >= 0.6 is 22.7 Å². The van der Waals surface area contributed by atoms with Gasteiger partial charge in [0.1, 0.15) is 0 Å². The Kier molecular flexibility index (Phi) is 6.48. The minimum Gasteiger partial charge on any atom is -0.135 e. The zero-order valence-electron chi connectivity index (χ0n) is 29.1. The molecule has 0 saturated carbocycles. The third-order valence-corrected chi connectivity index (χ3v) is 13.7. The first-order chi connectivity index (χ1) is 26.8. The van der Waals surface area contributed by atoms with Gasteiger partial charge >= 0.3 is 0 Å². The molecule has 0 saturated heterocycles. The van der Waals surface area contributed by atoms with E-state index in [-0.39, 0.29) is 0 Å². The summed E-state index contributed by atoms with van der Waals surface area (Å²) in [5.74, 6) is 0. The Morgan fingerprint density at radius 3 is 1.48 bits per heavy atom. The standard InChI is InChI=1S/C52H30S2/c1-2-13-33-28-49-46(27-32(33)12-1)45-22-10-20-37(52(45)54-49)34-23-25-38-39-26-24-35(30-48(39)53-47(38)29-34)50-41-16-5-7-18-43(41)51(44-19-8-6-17-42(44)50)40-21-9-14-31-11-3-4-15-36(31)40/h1-30H. The molecule has 0 unspecified atom stereocenters. The van der Waals surface area contributed by atoms with Gasteiger partial charge in [0.2, 0.25) is 0 Å². The van der Waals surface area contributed by atoms with Gasteiger partial charge in [0.25, 0.3) is 0 Å². The van der Waals surface area contributed by atoms with Crippen molar-refractivity contribution >= 4 is 106 Å². The lowest BCUT2D eigenvalue weighted by Crippen LogP contribution is -1.91. The first-order valence-electron chi connectivity index (χ1n) is 18.5. The topological polar surface area (TPSA) is 0 Å². The minimum absolute atomic E-state index is 1.26. The molecule has 0 N–H and O–H groups in total. The third kappa shape index (κ3) is 4.42. The van der Waals surface area contributed by atoms with Gasteiger partial charge in [-0.15, -0.1) is 22.7 Å². The van der Waals surface area contributed by atoms with Crippen LogP contribution in [0.5, 0.6) is 0 Å². The zero-order chi connectivity index (χ0) is 35.3. The molecule has 0 bridgehead atoms. The van der Waals surface area contributed by atoms with Gasteiger partial charge < -0.3 is 0 Å². The van der Waals surface area contributed by atoms with Crippen LogP contribution in [0.25, 0.3) is 117 Å². The first kappa shape index (κ1) is 30.2. The highest BCUT2D eigenvalue weighted by Gasteiger charge is 2.19. The van der Waals surface area contributed by atoms with Crippen molar-refractivity contribution in [1.29, 1.82) is 0 Å². The number of rotatable bonds is 3. The summed E-state index contributed by atoms with van der Waals surface area (Å²) < 4.78 is 5.34. The van der Waals surface area contributed by atoms with Crippen molar-refractivity contribution in [3.8, 4) is 33.4 Å². The third-order valence-electron chi connectivity index (χ3n) is 11.4. The summed E-state index contributed by atoms with van der Waals surface area (Å²) in [6.07, 6.45) is 0. The summed E-state index contributed by atoms with van der Waals surface area (Å²) in [5.41, 5.74) is 7.73. The molecule has 0 aliphatic carbocycles. The van der Waals surface area contributed by atoms with Gasteiger partial charge in [0.15, 0.2) is 0 Å². The van der Waals surface area contributed by atoms with Crippen molar-refractivity contribution in [2.75, 3.05) is 0 Å². The fraction of sp³-hybridized carbons (Fsp3) is 0. The fourth-order valence-corrected chi connectivity index (χ4v) is 11.4. The Morgan fingerprint density at radius 1 is 0.259 bits per heavy atom. The van der Waals surface area contributed by atoms with Gasteiger partial charge in [-0.3, -0.25) is 0 Å². The van der Waals surface area contributed by atoms with E-state index in [2.05, 4.69) is 182 Å². The molecule has 250 valence electrons. The monoisotopic (exact) mass is 718 g/mol. The summed E-state index contributed by atoms with van der Waals surface area (Å²) in [6, 6.07) is 67.9. The smallest absolute Gasteiger partial charge is 0.0433 e. The van der Waals surface area contributed by atoms with Crippen LogP contribution in [0.4, 0.5) is 0 Å². The Balaban J connectivity index is 1.04. The molecule has 54 heavy (non-hydrogen) atoms. The van der Waals surface area contributed by atoms with Crippen molar-refractivity contribution in [3.05, 3.63) is 182 Å². The molecule has 2 heteroatoms. The quantitative estimate of drug-likeness (QED) is 0.160. The van der Waals surface area contributed by atoms with Crippen LogP contribution in [-0.2, 0) is 0 Å². The lowest BCUT2D eigenvalue weighted by molar-refractivity contribution is 1.69. The van der Waals surface area contributed by atoms with E-state index < -0.39 is 0 Å². The maximum Gasteiger partial charge on any atom is 0.0433 e. The van der Waals surface area contributed by atoms with Crippen molar-refractivity contribution in [2.45, 2.75) is 0 Å². The van der Waals surface area contributed by atoms with Crippen LogP contribution in [-0.4, -0.2) is 0 Å². The molecule has 0 aliphatic rings. The van der Waals surface area contributed by atoms with Crippen molar-refractivity contribution in [1.82, 2.24) is 0 Å². The fourth-order valence-electron chi connectivity index (χ4n) is 8.98. The second-order valence-electron chi connectivity index (χ2n) is 14.4. The number of hydrogen-bond donors (Lipinski definition) is 0. The normalized spacial score (nSPS) is 12.1. The molecule has 0 atom stereocenters. The Labute approximate surface area is 319 Å². The van der Waals surface area contributed by atoms with E-state index in [1.54, 1.807) is 0 Å². The maximum absolute atomic E-state index is 2.43. The minimum atomic E-state index is 1.26. The molecule has 0 radical (unpaired) electrons. The van der Waals surface area contributed by atoms with E-state index in [1.807, 2.05) is 22.7 Å². The molecule has 0 amide bonds. The summed E-state index contributed by atoms with van der Waals surface area (Å²) >= 11 is 3.82. The van der Waals surface area contributed by atoms with E-state index in [0.29, 0.717) is 0 Å². The van der Waals surface area contributed by atoms with E-state index in [4.69, 9.17) is 0 Å². The predicted molar refractivity (Wildman–Crippen MR) is 239 cm³/mol. The second kappa shape index (κ2) is 11.6. The highest BCUT2D eigenvalue weighted by Crippen LogP contribution is 2.47. The molecule has 12 aromatic rings. The van der Waals surface area contributed by atoms with Gasteiger partial charge in [-0.2, -0.15) is 0 Å². The van der Waals surface area contributed by atoms with Crippen molar-refractivity contribution in [2.24, 2.45) is 0 Å². The average Bonchev–Trinajstić information content (AvgIpc) is 3.78.